The Morgan fingerprint density at radius 3 is 2.76 bits per heavy atom. The Labute approximate surface area is 102 Å². The molecule has 1 aliphatic rings. The van der Waals surface area contributed by atoms with Crippen molar-refractivity contribution in [3.63, 3.8) is 0 Å². The number of ether oxygens (including phenoxy) is 1. The molecule has 92 valence electrons. The average Bonchev–Trinajstić information content (AvgIpc) is 3.07. The van der Waals surface area contributed by atoms with Crippen LogP contribution in [0.4, 0.5) is 0 Å². The number of benzene rings is 1. The monoisotopic (exact) mass is 233 g/mol. The second kappa shape index (κ2) is 5.21. The summed E-state index contributed by atoms with van der Waals surface area (Å²) in [7, 11) is 0. The minimum atomic E-state index is 0.0938. The van der Waals surface area contributed by atoms with E-state index in [0.717, 1.165) is 18.6 Å². The lowest BCUT2D eigenvalue weighted by molar-refractivity contribution is -0.121. The zero-order valence-corrected chi connectivity index (χ0v) is 10.5. The molecule has 0 aromatic heterocycles. The second-order valence-electron chi connectivity index (χ2n) is 4.69. The zero-order chi connectivity index (χ0) is 12.3. The van der Waals surface area contributed by atoms with Crippen molar-refractivity contribution in [2.24, 2.45) is 0 Å². The van der Waals surface area contributed by atoms with Crippen molar-refractivity contribution in [1.29, 1.82) is 0 Å². The van der Waals surface area contributed by atoms with Crippen LogP contribution in [0.2, 0.25) is 0 Å². The number of hydrogen-bond donors (Lipinski definition) is 1. The molecule has 1 fully saturated rings. The Balaban J connectivity index is 1.73. The highest BCUT2D eigenvalue weighted by Crippen LogP contribution is 2.19. The minimum Gasteiger partial charge on any atom is -0.493 e. The van der Waals surface area contributed by atoms with Crippen LogP contribution in [0.25, 0.3) is 0 Å². The highest BCUT2D eigenvalue weighted by molar-refractivity contribution is 5.76. The molecule has 1 aromatic carbocycles. The van der Waals surface area contributed by atoms with E-state index in [2.05, 4.69) is 19.2 Å². The maximum Gasteiger partial charge on any atom is 0.223 e. The van der Waals surface area contributed by atoms with Crippen molar-refractivity contribution in [1.82, 2.24) is 5.32 Å². The van der Waals surface area contributed by atoms with Crippen molar-refractivity contribution in [3.05, 3.63) is 29.3 Å². The van der Waals surface area contributed by atoms with E-state index in [1.54, 1.807) is 0 Å². The van der Waals surface area contributed by atoms with Crippen LogP contribution in [0, 0.1) is 13.8 Å². The molecule has 17 heavy (non-hydrogen) atoms. The molecule has 0 bridgehead atoms. The summed E-state index contributed by atoms with van der Waals surface area (Å²) in [5, 5.41) is 2.94. The summed E-state index contributed by atoms with van der Waals surface area (Å²) < 4.78 is 5.55. The minimum absolute atomic E-state index is 0.0938. The number of rotatable bonds is 5. The van der Waals surface area contributed by atoms with E-state index in [4.69, 9.17) is 4.74 Å². The highest BCUT2D eigenvalue weighted by Gasteiger charge is 2.22. The number of hydrogen-bond acceptors (Lipinski definition) is 2. The third kappa shape index (κ3) is 3.77. The molecule has 1 amide bonds. The predicted molar refractivity (Wildman–Crippen MR) is 67.2 cm³/mol. The highest BCUT2D eigenvalue weighted by atomic mass is 16.5. The van der Waals surface area contributed by atoms with Gasteiger partial charge in [0, 0.05) is 6.04 Å². The van der Waals surface area contributed by atoms with Crippen molar-refractivity contribution < 1.29 is 9.53 Å². The van der Waals surface area contributed by atoms with E-state index < -0.39 is 0 Å². The molecule has 0 saturated heterocycles. The van der Waals surface area contributed by atoms with E-state index >= 15 is 0 Å². The molecule has 0 spiro atoms. The molecule has 3 heteroatoms. The van der Waals surface area contributed by atoms with E-state index in [0.29, 0.717) is 19.1 Å². The molecule has 0 unspecified atom stereocenters. The molecule has 0 aliphatic heterocycles. The smallest absolute Gasteiger partial charge is 0.223 e. The van der Waals surface area contributed by atoms with Crippen molar-refractivity contribution in [3.8, 4) is 5.75 Å². The van der Waals surface area contributed by atoms with Crippen molar-refractivity contribution in [2.45, 2.75) is 39.2 Å². The topological polar surface area (TPSA) is 38.3 Å². The van der Waals surface area contributed by atoms with Gasteiger partial charge in [0.05, 0.1) is 13.0 Å². The summed E-state index contributed by atoms with van der Waals surface area (Å²) in [6, 6.07) is 6.42. The van der Waals surface area contributed by atoms with Gasteiger partial charge in [-0.25, -0.2) is 0 Å². The summed E-state index contributed by atoms with van der Waals surface area (Å²) in [6.45, 7) is 4.57. The second-order valence-corrected chi connectivity index (χ2v) is 4.69. The van der Waals surface area contributed by atoms with Gasteiger partial charge in [0.15, 0.2) is 0 Å². The third-order valence-electron chi connectivity index (χ3n) is 3.02. The summed E-state index contributed by atoms with van der Waals surface area (Å²) >= 11 is 0. The Bertz CT molecular complexity index is 411. The van der Waals surface area contributed by atoms with Gasteiger partial charge in [-0.2, -0.15) is 0 Å². The SMILES string of the molecule is Cc1ccc(OCCC(=O)NC2CC2)cc1C. The van der Waals surface area contributed by atoms with Gasteiger partial charge in [-0.1, -0.05) is 6.07 Å². The van der Waals surface area contributed by atoms with Gasteiger partial charge < -0.3 is 10.1 Å². The van der Waals surface area contributed by atoms with Crippen LogP contribution >= 0.6 is 0 Å². The number of aryl methyl sites for hydroxylation is 2. The number of carbonyl (C=O) groups excluding carboxylic acids is 1. The molecule has 1 aromatic rings. The number of amides is 1. The average molecular weight is 233 g/mol. The molecule has 1 aliphatic carbocycles. The summed E-state index contributed by atoms with van der Waals surface area (Å²) in [5.74, 6) is 0.934. The van der Waals surface area contributed by atoms with Crippen molar-refractivity contribution >= 4 is 5.91 Å². The maximum absolute atomic E-state index is 11.4. The molecule has 1 N–H and O–H groups in total. The van der Waals surface area contributed by atoms with Crippen LogP contribution in [0.5, 0.6) is 5.75 Å². The van der Waals surface area contributed by atoms with Crippen LogP contribution in [0.3, 0.4) is 0 Å². The van der Waals surface area contributed by atoms with Gasteiger partial charge in [0.2, 0.25) is 5.91 Å². The first-order valence-corrected chi connectivity index (χ1v) is 6.14. The van der Waals surface area contributed by atoms with E-state index in [1.807, 2.05) is 18.2 Å². The summed E-state index contributed by atoms with van der Waals surface area (Å²) in [6.07, 6.45) is 2.69. The normalized spacial score (nSPS) is 14.5. The first-order valence-electron chi connectivity index (χ1n) is 6.14. The fourth-order valence-corrected chi connectivity index (χ4v) is 1.59. The van der Waals surface area contributed by atoms with Crippen LogP contribution in [0.15, 0.2) is 18.2 Å². The summed E-state index contributed by atoms with van der Waals surface area (Å²) in [4.78, 5) is 11.4. The fourth-order valence-electron chi connectivity index (χ4n) is 1.59. The van der Waals surface area contributed by atoms with E-state index in [9.17, 15) is 4.79 Å². The lowest BCUT2D eigenvalue weighted by Gasteiger charge is -2.08. The fraction of sp³-hybridized carbons (Fsp3) is 0.500. The molecular formula is C14H19NO2. The molecule has 0 atom stereocenters. The first-order chi connectivity index (χ1) is 8.15. The number of carbonyl (C=O) groups is 1. The van der Waals surface area contributed by atoms with Gasteiger partial charge in [0.25, 0.3) is 0 Å². The largest absolute Gasteiger partial charge is 0.493 e. The number of nitrogens with one attached hydrogen (secondary N) is 1. The van der Waals surface area contributed by atoms with Crippen molar-refractivity contribution in [2.75, 3.05) is 6.61 Å². The van der Waals surface area contributed by atoms with Gasteiger partial charge in [-0.15, -0.1) is 0 Å². The van der Waals surface area contributed by atoms with Crippen LogP contribution in [-0.4, -0.2) is 18.6 Å². The van der Waals surface area contributed by atoms with Gasteiger partial charge >= 0.3 is 0 Å². The molecular weight excluding hydrogens is 214 g/mol. The van der Waals surface area contributed by atoms with Crippen LogP contribution in [0.1, 0.15) is 30.4 Å². The predicted octanol–water partition coefficient (Wildman–Crippen LogP) is 2.35. The first kappa shape index (κ1) is 12.0. The molecule has 3 nitrogen and oxygen atoms in total. The van der Waals surface area contributed by atoms with E-state index in [-0.39, 0.29) is 5.91 Å². The Morgan fingerprint density at radius 2 is 2.12 bits per heavy atom. The molecule has 0 heterocycles. The lowest BCUT2D eigenvalue weighted by atomic mass is 10.1. The quantitative estimate of drug-likeness (QED) is 0.847. The van der Waals surface area contributed by atoms with E-state index in [1.165, 1.54) is 11.1 Å². The maximum atomic E-state index is 11.4. The summed E-state index contributed by atoms with van der Waals surface area (Å²) in [5.41, 5.74) is 2.47. The zero-order valence-electron chi connectivity index (χ0n) is 10.5. The lowest BCUT2D eigenvalue weighted by Crippen LogP contribution is -2.26. The Morgan fingerprint density at radius 1 is 1.35 bits per heavy atom. The van der Waals surface area contributed by atoms with Crippen LogP contribution < -0.4 is 10.1 Å². The Hall–Kier alpha value is -1.51. The molecule has 1 saturated carbocycles. The Kier molecular flexibility index (Phi) is 3.67. The van der Waals surface area contributed by atoms with Gasteiger partial charge in [-0.3, -0.25) is 4.79 Å². The third-order valence-corrected chi connectivity index (χ3v) is 3.02. The van der Waals surface area contributed by atoms with Crippen LogP contribution in [-0.2, 0) is 4.79 Å². The molecule has 2 rings (SSSR count). The molecule has 0 radical (unpaired) electrons. The van der Waals surface area contributed by atoms with Gasteiger partial charge in [-0.05, 0) is 49.9 Å². The standard InChI is InChI=1S/C14H19NO2/c1-10-3-6-13(9-11(10)2)17-8-7-14(16)15-12-4-5-12/h3,6,9,12H,4-5,7-8H2,1-2H3,(H,15,16). The van der Waals surface area contributed by atoms with Gasteiger partial charge in [0.1, 0.15) is 5.75 Å².